The number of Topliss-reactive ketones (excluding diaryl/α,β-unsaturated/α-hetero) is 1. The van der Waals surface area contributed by atoms with E-state index in [0.717, 1.165) is 4.90 Å². The lowest BCUT2D eigenvalue weighted by Crippen LogP contribution is -2.43. The number of fused-ring (bicyclic) bond motifs is 3. The zero-order valence-electron chi connectivity index (χ0n) is 12.5. The minimum atomic E-state index is -4.73. The lowest BCUT2D eigenvalue weighted by Gasteiger charge is -2.31. The molecule has 0 saturated carbocycles. The van der Waals surface area contributed by atoms with Gasteiger partial charge < -0.3 is 4.74 Å². The first-order valence-electron chi connectivity index (χ1n) is 7.35. The molecule has 2 aliphatic rings. The van der Waals surface area contributed by atoms with Gasteiger partial charge in [0.05, 0.1) is 17.2 Å². The molecule has 0 radical (unpaired) electrons. The molecule has 128 valence electrons. The summed E-state index contributed by atoms with van der Waals surface area (Å²) < 4.78 is 46.1. The molecule has 0 saturated heterocycles. The van der Waals surface area contributed by atoms with Crippen LogP contribution >= 0.6 is 11.3 Å². The summed E-state index contributed by atoms with van der Waals surface area (Å²) >= 11 is 1.21. The molecule has 0 N–H and O–H groups in total. The van der Waals surface area contributed by atoms with Gasteiger partial charge in [-0.2, -0.15) is 24.5 Å². The summed E-state index contributed by atoms with van der Waals surface area (Å²) in [6.07, 6.45) is -5.55. The van der Waals surface area contributed by atoms with E-state index in [1.54, 1.807) is 29.6 Å². The number of alkyl halides is 3. The summed E-state index contributed by atoms with van der Waals surface area (Å²) in [4.78, 5) is 26.2. The second-order valence-electron chi connectivity index (χ2n) is 5.66. The van der Waals surface area contributed by atoms with Crippen LogP contribution in [0.2, 0.25) is 0 Å². The fourth-order valence-corrected chi connectivity index (χ4v) is 3.65. The molecule has 0 unspecified atom stereocenters. The van der Waals surface area contributed by atoms with Crippen LogP contribution in [0.1, 0.15) is 16.8 Å². The number of halogens is 3. The van der Waals surface area contributed by atoms with Gasteiger partial charge in [-0.3, -0.25) is 9.59 Å². The van der Waals surface area contributed by atoms with Gasteiger partial charge in [-0.15, -0.1) is 0 Å². The fourth-order valence-electron chi connectivity index (χ4n) is 3.01. The normalized spacial score (nSPS) is 19.6. The molecule has 4 nitrogen and oxygen atoms in total. The summed E-state index contributed by atoms with van der Waals surface area (Å²) in [7, 11) is 0. The summed E-state index contributed by atoms with van der Waals surface area (Å²) in [5, 5.41) is 3.09. The number of ketones is 1. The largest absolute Gasteiger partial charge is 0.438 e. The molecule has 2 aromatic rings. The molecule has 1 atom stereocenters. The third-order valence-corrected chi connectivity index (χ3v) is 4.83. The molecule has 0 bridgehead atoms. The second kappa shape index (κ2) is 5.45. The highest BCUT2D eigenvalue weighted by atomic mass is 32.1. The van der Waals surface area contributed by atoms with Crippen molar-refractivity contribution >= 4 is 28.7 Å². The lowest BCUT2D eigenvalue weighted by atomic mass is 9.86. The van der Waals surface area contributed by atoms with Crippen molar-refractivity contribution in [2.24, 2.45) is 5.92 Å². The monoisotopic (exact) mass is 365 g/mol. The van der Waals surface area contributed by atoms with Gasteiger partial charge in [0.2, 0.25) is 11.8 Å². The number of amides is 1. The van der Waals surface area contributed by atoms with Crippen LogP contribution in [0.25, 0.3) is 0 Å². The molecule has 2 aliphatic heterocycles. The van der Waals surface area contributed by atoms with Crippen molar-refractivity contribution in [3.05, 3.63) is 58.1 Å². The fraction of sp³-hybridized carbons (Fsp3) is 0.176. The van der Waals surface area contributed by atoms with E-state index in [0.29, 0.717) is 5.69 Å². The van der Waals surface area contributed by atoms with Gasteiger partial charge in [-0.1, -0.05) is 12.1 Å². The zero-order chi connectivity index (χ0) is 17.8. The summed E-state index contributed by atoms with van der Waals surface area (Å²) in [6.45, 7) is 0. The molecule has 8 heteroatoms. The Bertz CT molecular complexity index is 902. The highest BCUT2D eigenvalue weighted by Crippen LogP contribution is 2.48. The van der Waals surface area contributed by atoms with E-state index < -0.39 is 35.8 Å². The minimum absolute atomic E-state index is 0.149. The van der Waals surface area contributed by atoms with Gasteiger partial charge >= 0.3 is 6.18 Å². The topological polar surface area (TPSA) is 46.6 Å². The summed E-state index contributed by atoms with van der Waals surface area (Å²) in [5.41, 5.74) is -0.0314. The summed E-state index contributed by atoms with van der Waals surface area (Å²) in [5.74, 6) is -3.79. The van der Waals surface area contributed by atoms with Crippen LogP contribution in [0.3, 0.4) is 0 Å². The quantitative estimate of drug-likeness (QED) is 0.751. The van der Waals surface area contributed by atoms with Crippen LogP contribution in [0, 0.1) is 5.92 Å². The molecule has 3 heterocycles. The standard InChI is InChI=1S/C17H10F3NO3S/c18-17(19,20)10-7-13(22)21-11-3-1-2-4-12(11)24-16(21)14(10)15(23)9-5-6-25-8-9/h1-6,8,10H,7H2/t10-/m0/s1. The lowest BCUT2D eigenvalue weighted by molar-refractivity contribution is -0.169. The van der Waals surface area contributed by atoms with Crippen LogP contribution in [-0.2, 0) is 4.79 Å². The van der Waals surface area contributed by atoms with Gasteiger partial charge in [0.15, 0.2) is 11.5 Å². The molecule has 25 heavy (non-hydrogen) atoms. The van der Waals surface area contributed by atoms with Crippen LogP contribution < -0.4 is 9.64 Å². The van der Waals surface area contributed by atoms with E-state index in [-0.39, 0.29) is 17.2 Å². The number of ether oxygens (including phenoxy) is 1. The van der Waals surface area contributed by atoms with Gasteiger partial charge in [-0.05, 0) is 23.6 Å². The number of carbonyl (C=O) groups excluding carboxylic acids is 2. The second-order valence-corrected chi connectivity index (χ2v) is 6.44. The van der Waals surface area contributed by atoms with Crippen LogP contribution in [-0.4, -0.2) is 17.9 Å². The van der Waals surface area contributed by atoms with Gasteiger partial charge in [0.1, 0.15) is 0 Å². The molecular weight excluding hydrogens is 355 g/mol. The molecular formula is C17H10F3NO3S. The molecule has 1 aromatic heterocycles. The van der Waals surface area contributed by atoms with Crippen LogP contribution in [0.15, 0.2) is 52.5 Å². The molecule has 4 rings (SSSR count). The van der Waals surface area contributed by atoms with Crippen molar-refractivity contribution in [3.8, 4) is 5.75 Å². The smallest absolute Gasteiger partial charge is 0.396 e. The number of thiophene rings is 1. The molecule has 0 aliphatic carbocycles. The van der Waals surface area contributed by atoms with Crippen molar-refractivity contribution in [3.63, 3.8) is 0 Å². The first-order valence-corrected chi connectivity index (χ1v) is 8.30. The highest BCUT2D eigenvalue weighted by molar-refractivity contribution is 7.08. The van der Waals surface area contributed by atoms with Crippen molar-refractivity contribution in [1.82, 2.24) is 0 Å². The highest BCUT2D eigenvalue weighted by Gasteiger charge is 2.53. The number of carbonyl (C=O) groups is 2. The van der Waals surface area contributed by atoms with E-state index in [1.165, 1.54) is 22.8 Å². The van der Waals surface area contributed by atoms with Crippen LogP contribution in [0.4, 0.5) is 18.9 Å². The average Bonchev–Trinajstić information content (AvgIpc) is 3.21. The number of hydrogen-bond donors (Lipinski definition) is 0. The minimum Gasteiger partial charge on any atom is -0.438 e. The van der Waals surface area contributed by atoms with Gasteiger partial charge in [0, 0.05) is 17.4 Å². The maximum absolute atomic E-state index is 13.5. The SMILES string of the molecule is O=C(C1=C2Oc3ccccc3N2C(=O)C[C@@H]1C(F)(F)F)c1ccsc1. The maximum Gasteiger partial charge on any atom is 0.396 e. The third-order valence-electron chi connectivity index (χ3n) is 4.15. The van der Waals surface area contributed by atoms with E-state index >= 15 is 0 Å². The Morgan fingerprint density at radius 2 is 2.00 bits per heavy atom. The van der Waals surface area contributed by atoms with E-state index in [9.17, 15) is 22.8 Å². The van der Waals surface area contributed by atoms with E-state index in [4.69, 9.17) is 4.74 Å². The molecule has 0 spiro atoms. The van der Waals surface area contributed by atoms with E-state index in [2.05, 4.69) is 0 Å². The Morgan fingerprint density at radius 3 is 2.68 bits per heavy atom. The number of hydrogen-bond acceptors (Lipinski definition) is 4. The predicted molar refractivity (Wildman–Crippen MR) is 84.4 cm³/mol. The average molecular weight is 365 g/mol. The van der Waals surface area contributed by atoms with Crippen LogP contribution in [0.5, 0.6) is 5.75 Å². The van der Waals surface area contributed by atoms with Crippen molar-refractivity contribution in [1.29, 1.82) is 0 Å². The number of allylic oxidation sites excluding steroid dienone is 1. The Morgan fingerprint density at radius 1 is 1.24 bits per heavy atom. The maximum atomic E-state index is 13.5. The van der Waals surface area contributed by atoms with Crippen molar-refractivity contribution in [2.45, 2.75) is 12.6 Å². The first-order chi connectivity index (χ1) is 11.9. The van der Waals surface area contributed by atoms with Gasteiger partial charge in [-0.25, -0.2) is 4.90 Å². The number of benzene rings is 1. The Balaban J connectivity index is 1.92. The van der Waals surface area contributed by atoms with Gasteiger partial charge in [0.25, 0.3) is 0 Å². The third kappa shape index (κ3) is 2.44. The Labute approximate surface area is 144 Å². The zero-order valence-corrected chi connectivity index (χ0v) is 13.4. The summed E-state index contributed by atoms with van der Waals surface area (Å²) in [6, 6.07) is 7.86. The number of anilines is 1. The van der Waals surface area contributed by atoms with Crippen molar-refractivity contribution < 1.29 is 27.5 Å². The Hall–Kier alpha value is -2.61. The number of para-hydroxylation sites is 2. The molecule has 1 amide bonds. The predicted octanol–water partition coefficient (Wildman–Crippen LogP) is 4.15. The van der Waals surface area contributed by atoms with Crippen molar-refractivity contribution in [2.75, 3.05) is 4.90 Å². The first kappa shape index (κ1) is 15.9. The Kier molecular flexibility index (Phi) is 3.47. The number of nitrogens with zero attached hydrogens (tertiary/aromatic N) is 1. The molecule has 1 aromatic carbocycles. The molecule has 0 fully saturated rings. The van der Waals surface area contributed by atoms with E-state index in [1.807, 2.05) is 0 Å². The number of rotatable bonds is 2.